The van der Waals surface area contributed by atoms with Crippen LogP contribution >= 0.6 is 11.6 Å². The van der Waals surface area contributed by atoms with Crippen LogP contribution in [-0.2, 0) is 12.8 Å². The zero-order valence-corrected chi connectivity index (χ0v) is 13.5. The highest BCUT2D eigenvalue weighted by atomic mass is 35.5. The van der Waals surface area contributed by atoms with E-state index in [1.807, 2.05) is 13.0 Å². The molecule has 1 nitrogen and oxygen atoms in total. The molecule has 3 rings (SSSR count). The van der Waals surface area contributed by atoms with Gasteiger partial charge in [-0.05, 0) is 72.9 Å². The summed E-state index contributed by atoms with van der Waals surface area (Å²) < 4.78 is 0. The molecule has 2 N–H and O–H groups in total. The fraction of sp³-hybridized carbons (Fsp3) is 0.368. The van der Waals surface area contributed by atoms with Crippen molar-refractivity contribution in [2.75, 3.05) is 0 Å². The van der Waals surface area contributed by atoms with Gasteiger partial charge in [0.05, 0.1) is 0 Å². The molecule has 0 saturated heterocycles. The molecule has 0 aromatic heterocycles. The summed E-state index contributed by atoms with van der Waals surface area (Å²) >= 11 is 6.20. The van der Waals surface area contributed by atoms with Crippen LogP contribution < -0.4 is 5.73 Å². The van der Waals surface area contributed by atoms with Crippen LogP contribution in [0.25, 0.3) is 0 Å². The molecule has 0 aliphatic heterocycles. The van der Waals surface area contributed by atoms with Crippen LogP contribution in [-0.4, -0.2) is 0 Å². The fourth-order valence-electron chi connectivity index (χ4n) is 3.45. The quantitative estimate of drug-likeness (QED) is 0.850. The van der Waals surface area contributed by atoms with Gasteiger partial charge < -0.3 is 5.73 Å². The highest BCUT2D eigenvalue weighted by Crippen LogP contribution is 2.35. The molecule has 2 heteroatoms. The first-order valence-corrected chi connectivity index (χ1v) is 8.03. The summed E-state index contributed by atoms with van der Waals surface area (Å²) in [5, 5.41) is 0.831. The summed E-state index contributed by atoms with van der Waals surface area (Å²) in [5.41, 5.74) is 13.1. The summed E-state index contributed by atoms with van der Waals surface area (Å²) in [5.74, 6) is 0.513. The Bertz CT molecular complexity index is 663. The summed E-state index contributed by atoms with van der Waals surface area (Å²) in [6, 6.07) is 13.1. The molecular formula is C19H22ClN. The molecule has 0 spiro atoms. The molecule has 2 unspecified atom stereocenters. The molecule has 110 valence electrons. The van der Waals surface area contributed by atoms with Gasteiger partial charge >= 0.3 is 0 Å². The monoisotopic (exact) mass is 299 g/mol. The van der Waals surface area contributed by atoms with Crippen molar-refractivity contribution in [2.45, 2.75) is 39.2 Å². The first-order chi connectivity index (χ1) is 10.1. The Morgan fingerprint density at radius 1 is 1.10 bits per heavy atom. The minimum atomic E-state index is 0.0920. The van der Waals surface area contributed by atoms with Crippen LogP contribution in [0.1, 0.15) is 40.3 Å². The first-order valence-electron chi connectivity index (χ1n) is 7.65. The maximum Gasteiger partial charge on any atom is 0.0438 e. The van der Waals surface area contributed by atoms with Gasteiger partial charge in [-0.3, -0.25) is 0 Å². The number of hydrogen-bond donors (Lipinski definition) is 1. The Morgan fingerprint density at radius 3 is 2.57 bits per heavy atom. The SMILES string of the molecule is Cc1cc(C(N)C2CCc3ccccc3C2)c(C)cc1Cl. The summed E-state index contributed by atoms with van der Waals surface area (Å²) in [7, 11) is 0. The molecule has 0 radical (unpaired) electrons. The Morgan fingerprint density at radius 2 is 1.81 bits per heavy atom. The topological polar surface area (TPSA) is 26.0 Å². The molecule has 0 fully saturated rings. The van der Waals surface area contributed by atoms with Gasteiger partial charge in [0.2, 0.25) is 0 Å². The fourth-order valence-corrected chi connectivity index (χ4v) is 3.67. The molecular weight excluding hydrogens is 278 g/mol. The van der Waals surface area contributed by atoms with E-state index in [4.69, 9.17) is 17.3 Å². The van der Waals surface area contributed by atoms with E-state index in [2.05, 4.69) is 37.3 Å². The van der Waals surface area contributed by atoms with Gasteiger partial charge in [0, 0.05) is 11.1 Å². The number of rotatable bonds is 2. The van der Waals surface area contributed by atoms with Crippen molar-refractivity contribution in [3.63, 3.8) is 0 Å². The standard InChI is InChI=1S/C19H22ClN/c1-12-10-18(20)13(2)9-17(12)19(21)16-8-7-14-5-3-4-6-15(14)11-16/h3-6,9-10,16,19H,7-8,11,21H2,1-2H3. The van der Waals surface area contributed by atoms with Crippen LogP contribution in [0, 0.1) is 19.8 Å². The van der Waals surface area contributed by atoms with E-state index in [0.717, 1.165) is 23.4 Å². The molecule has 2 aromatic carbocycles. The zero-order chi connectivity index (χ0) is 15.0. The van der Waals surface area contributed by atoms with Gasteiger partial charge in [-0.2, -0.15) is 0 Å². The molecule has 21 heavy (non-hydrogen) atoms. The van der Waals surface area contributed by atoms with Crippen LogP contribution in [0.15, 0.2) is 36.4 Å². The maximum atomic E-state index is 6.60. The zero-order valence-electron chi connectivity index (χ0n) is 12.7. The number of benzene rings is 2. The van der Waals surface area contributed by atoms with E-state index < -0.39 is 0 Å². The average Bonchev–Trinajstić information content (AvgIpc) is 2.50. The third-order valence-corrected chi connectivity index (χ3v) is 5.21. The van der Waals surface area contributed by atoms with Crippen molar-refractivity contribution >= 4 is 11.6 Å². The van der Waals surface area contributed by atoms with Gasteiger partial charge in [-0.1, -0.05) is 41.9 Å². The van der Waals surface area contributed by atoms with Crippen molar-refractivity contribution < 1.29 is 0 Å². The maximum absolute atomic E-state index is 6.60. The summed E-state index contributed by atoms with van der Waals surface area (Å²) in [6.45, 7) is 4.16. The Balaban J connectivity index is 1.87. The van der Waals surface area contributed by atoms with Crippen LogP contribution in [0.5, 0.6) is 0 Å². The molecule has 2 atom stereocenters. The largest absolute Gasteiger partial charge is 0.324 e. The molecule has 0 saturated carbocycles. The number of halogens is 1. The predicted molar refractivity (Wildman–Crippen MR) is 89.8 cm³/mol. The number of fused-ring (bicyclic) bond motifs is 1. The number of hydrogen-bond acceptors (Lipinski definition) is 1. The molecule has 2 aromatic rings. The van der Waals surface area contributed by atoms with Gasteiger partial charge in [0.15, 0.2) is 0 Å². The lowest BCUT2D eigenvalue weighted by Gasteiger charge is -2.30. The Kier molecular flexibility index (Phi) is 4.05. The second kappa shape index (κ2) is 5.82. The van der Waals surface area contributed by atoms with E-state index in [9.17, 15) is 0 Å². The lowest BCUT2D eigenvalue weighted by atomic mass is 9.77. The number of aryl methyl sites for hydroxylation is 3. The minimum Gasteiger partial charge on any atom is -0.324 e. The van der Waals surface area contributed by atoms with E-state index in [1.165, 1.54) is 28.7 Å². The van der Waals surface area contributed by atoms with Crippen molar-refractivity contribution in [3.8, 4) is 0 Å². The Labute approximate surface area is 132 Å². The van der Waals surface area contributed by atoms with Crippen LogP contribution in [0.2, 0.25) is 5.02 Å². The highest BCUT2D eigenvalue weighted by Gasteiger charge is 2.26. The molecule has 1 aliphatic carbocycles. The van der Waals surface area contributed by atoms with Crippen molar-refractivity contribution in [2.24, 2.45) is 11.7 Å². The molecule has 0 heterocycles. The molecule has 0 bridgehead atoms. The molecule has 0 amide bonds. The van der Waals surface area contributed by atoms with Crippen LogP contribution in [0.4, 0.5) is 0 Å². The minimum absolute atomic E-state index is 0.0920. The van der Waals surface area contributed by atoms with E-state index in [1.54, 1.807) is 0 Å². The second-order valence-electron chi connectivity index (χ2n) is 6.26. The van der Waals surface area contributed by atoms with Gasteiger partial charge in [0.25, 0.3) is 0 Å². The van der Waals surface area contributed by atoms with Crippen molar-refractivity contribution in [1.82, 2.24) is 0 Å². The van der Waals surface area contributed by atoms with Gasteiger partial charge in [0.1, 0.15) is 0 Å². The van der Waals surface area contributed by atoms with Gasteiger partial charge in [-0.15, -0.1) is 0 Å². The first kappa shape index (κ1) is 14.6. The van der Waals surface area contributed by atoms with E-state index >= 15 is 0 Å². The third-order valence-electron chi connectivity index (χ3n) is 4.80. The normalized spacial score (nSPS) is 19.1. The third kappa shape index (κ3) is 2.86. The number of nitrogens with two attached hydrogens (primary N) is 1. The average molecular weight is 300 g/mol. The predicted octanol–water partition coefficient (Wildman–Crippen LogP) is 4.76. The van der Waals surface area contributed by atoms with Crippen LogP contribution in [0.3, 0.4) is 0 Å². The lowest BCUT2D eigenvalue weighted by molar-refractivity contribution is 0.381. The van der Waals surface area contributed by atoms with Gasteiger partial charge in [-0.25, -0.2) is 0 Å². The van der Waals surface area contributed by atoms with Crippen molar-refractivity contribution in [1.29, 1.82) is 0 Å². The lowest BCUT2D eigenvalue weighted by Crippen LogP contribution is -2.27. The summed E-state index contributed by atoms with van der Waals surface area (Å²) in [6.07, 6.45) is 3.39. The highest BCUT2D eigenvalue weighted by molar-refractivity contribution is 6.31. The van der Waals surface area contributed by atoms with Crippen molar-refractivity contribution in [3.05, 3.63) is 69.2 Å². The van der Waals surface area contributed by atoms with E-state index in [-0.39, 0.29) is 6.04 Å². The second-order valence-corrected chi connectivity index (χ2v) is 6.66. The Hall–Kier alpha value is -1.31. The summed E-state index contributed by atoms with van der Waals surface area (Å²) in [4.78, 5) is 0. The smallest absolute Gasteiger partial charge is 0.0438 e. The molecule has 1 aliphatic rings. The van der Waals surface area contributed by atoms with E-state index in [0.29, 0.717) is 5.92 Å².